The third-order valence-corrected chi connectivity index (χ3v) is 4.93. The van der Waals surface area contributed by atoms with Crippen LogP contribution >= 0.6 is 0 Å². The summed E-state index contributed by atoms with van der Waals surface area (Å²) in [6.45, 7) is 2.25. The molecular formula is C19H13F3N6O. The van der Waals surface area contributed by atoms with Crippen LogP contribution in [0.4, 0.5) is 19.1 Å². The lowest BCUT2D eigenvalue weighted by atomic mass is 10.0. The van der Waals surface area contributed by atoms with E-state index in [9.17, 15) is 18.0 Å². The predicted octanol–water partition coefficient (Wildman–Crippen LogP) is 3.04. The number of amides is 1. The van der Waals surface area contributed by atoms with Crippen molar-refractivity contribution >= 4 is 17.5 Å². The predicted molar refractivity (Wildman–Crippen MR) is 97.5 cm³/mol. The van der Waals surface area contributed by atoms with Gasteiger partial charge in [-0.25, -0.2) is 27.7 Å². The molecule has 1 aliphatic heterocycles. The molecule has 0 saturated carbocycles. The number of carbonyl (C=O) groups excluding carboxylic acids is 1. The first-order valence-corrected chi connectivity index (χ1v) is 8.77. The number of aromatic nitrogens is 5. The summed E-state index contributed by atoms with van der Waals surface area (Å²) >= 11 is 0. The Hall–Kier alpha value is -3.69. The number of benzene rings is 1. The van der Waals surface area contributed by atoms with Crippen LogP contribution < -0.4 is 4.90 Å². The van der Waals surface area contributed by atoms with Crippen molar-refractivity contribution in [3.8, 4) is 22.5 Å². The van der Waals surface area contributed by atoms with E-state index in [1.165, 1.54) is 18.2 Å². The Morgan fingerprint density at radius 1 is 1.07 bits per heavy atom. The van der Waals surface area contributed by atoms with E-state index in [-0.39, 0.29) is 17.2 Å². The Labute approximate surface area is 162 Å². The maximum Gasteiger partial charge on any atom is 0.226 e. The number of hydrogen-bond donors (Lipinski definition) is 0. The summed E-state index contributed by atoms with van der Waals surface area (Å²) < 4.78 is 45.2. The molecule has 1 aromatic carbocycles. The molecule has 0 N–H and O–H groups in total. The zero-order chi connectivity index (χ0) is 20.3. The summed E-state index contributed by atoms with van der Waals surface area (Å²) in [4.78, 5) is 22.0. The van der Waals surface area contributed by atoms with Crippen LogP contribution in [-0.2, 0) is 11.3 Å². The molecule has 0 bridgehead atoms. The average Bonchev–Trinajstić information content (AvgIpc) is 3.38. The third kappa shape index (κ3) is 2.59. The second-order valence-corrected chi connectivity index (χ2v) is 6.66. The lowest BCUT2D eigenvalue weighted by Crippen LogP contribution is -2.26. The van der Waals surface area contributed by atoms with Gasteiger partial charge >= 0.3 is 0 Å². The molecule has 0 radical (unpaired) electrons. The Balaban J connectivity index is 1.80. The number of carbonyl (C=O) groups is 1. The molecule has 146 valence electrons. The smallest absolute Gasteiger partial charge is 0.226 e. The van der Waals surface area contributed by atoms with E-state index in [2.05, 4.69) is 15.1 Å². The fourth-order valence-electron chi connectivity index (χ4n) is 3.60. The van der Waals surface area contributed by atoms with Gasteiger partial charge in [0.05, 0.1) is 5.69 Å². The highest BCUT2D eigenvalue weighted by molar-refractivity contribution is 5.93. The van der Waals surface area contributed by atoms with Crippen molar-refractivity contribution in [1.82, 2.24) is 24.1 Å². The summed E-state index contributed by atoms with van der Waals surface area (Å²) in [6, 6.07) is 4.75. The minimum Gasteiger partial charge on any atom is -0.307 e. The molecule has 5 rings (SSSR count). The molecule has 1 aliphatic rings. The van der Waals surface area contributed by atoms with Crippen molar-refractivity contribution < 1.29 is 18.0 Å². The van der Waals surface area contributed by atoms with E-state index in [0.717, 1.165) is 6.07 Å². The van der Waals surface area contributed by atoms with Crippen LogP contribution in [0.25, 0.3) is 28.2 Å². The Morgan fingerprint density at radius 3 is 2.66 bits per heavy atom. The van der Waals surface area contributed by atoms with Crippen molar-refractivity contribution in [2.45, 2.75) is 13.5 Å². The molecule has 0 unspecified atom stereocenters. The maximum atomic E-state index is 14.6. The highest BCUT2D eigenvalue weighted by atomic mass is 19.2. The zero-order valence-electron chi connectivity index (χ0n) is 15.1. The van der Waals surface area contributed by atoms with Crippen LogP contribution in [0.15, 0.2) is 36.8 Å². The first-order chi connectivity index (χ1) is 13.9. The lowest BCUT2D eigenvalue weighted by molar-refractivity contribution is -0.116. The van der Waals surface area contributed by atoms with E-state index >= 15 is 0 Å². The number of imidazole rings is 1. The van der Waals surface area contributed by atoms with E-state index in [4.69, 9.17) is 0 Å². The van der Waals surface area contributed by atoms with Gasteiger partial charge in [0.2, 0.25) is 11.9 Å². The highest BCUT2D eigenvalue weighted by Gasteiger charge is 2.31. The number of fused-ring (bicyclic) bond motifs is 2. The van der Waals surface area contributed by atoms with E-state index in [1.807, 2.05) is 0 Å². The van der Waals surface area contributed by atoms with Crippen molar-refractivity contribution in [3.63, 3.8) is 0 Å². The summed E-state index contributed by atoms with van der Waals surface area (Å²) in [5.74, 6) is -3.31. The summed E-state index contributed by atoms with van der Waals surface area (Å²) in [6.07, 6.45) is 3.08. The number of halogens is 3. The second-order valence-electron chi connectivity index (χ2n) is 6.66. The summed E-state index contributed by atoms with van der Waals surface area (Å²) in [5, 5.41) is 4.10. The van der Waals surface area contributed by atoms with Gasteiger partial charge in [-0.1, -0.05) is 0 Å². The Morgan fingerprint density at radius 2 is 1.86 bits per heavy atom. The van der Waals surface area contributed by atoms with Gasteiger partial charge in [-0.15, -0.1) is 0 Å². The fraction of sp³-hybridized carbons (Fsp3) is 0.158. The topological polar surface area (TPSA) is 68.3 Å². The van der Waals surface area contributed by atoms with Crippen molar-refractivity contribution in [3.05, 3.63) is 54.2 Å². The molecule has 0 aliphatic carbocycles. The average molecular weight is 398 g/mol. The van der Waals surface area contributed by atoms with Gasteiger partial charge in [-0.05, 0) is 18.2 Å². The molecule has 4 heterocycles. The second kappa shape index (κ2) is 6.16. The molecule has 0 fully saturated rings. The summed E-state index contributed by atoms with van der Waals surface area (Å²) in [7, 11) is 0. The number of rotatable bonds is 2. The van der Waals surface area contributed by atoms with Crippen LogP contribution in [-0.4, -0.2) is 36.6 Å². The van der Waals surface area contributed by atoms with Gasteiger partial charge in [-0.3, -0.25) is 9.69 Å². The van der Waals surface area contributed by atoms with Gasteiger partial charge in [0.15, 0.2) is 17.3 Å². The van der Waals surface area contributed by atoms with E-state index in [0.29, 0.717) is 42.0 Å². The largest absolute Gasteiger partial charge is 0.307 e. The number of anilines is 1. The number of pyridine rings is 1. The molecule has 7 nitrogen and oxygen atoms in total. The van der Waals surface area contributed by atoms with Gasteiger partial charge < -0.3 is 4.57 Å². The molecule has 0 spiro atoms. The molecule has 0 atom stereocenters. The summed E-state index contributed by atoms with van der Waals surface area (Å²) in [5.41, 5.74) is 1.63. The van der Waals surface area contributed by atoms with Crippen LogP contribution in [0.2, 0.25) is 0 Å². The third-order valence-electron chi connectivity index (χ3n) is 4.93. The van der Waals surface area contributed by atoms with E-state index in [1.54, 1.807) is 27.4 Å². The van der Waals surface area contributed by atoms with Gasteiger partial charge in [0, 0.05) is 43.4 Å². The fourth-order valence-corrected chi connectivity index (χ4v) is 3.60. The Bertz CT molecular complexity index is 1290. The van der Waals surface area contributed by atoms with Crippen LogP contribution in [0.1, 0.15) is 6.92 Å². The number of nitrogens with zero attached hydrogens (tertiary/aromatic N) is 6. The quantitative estimate of drug-likeness (QED) is 0.487. The molecule has 3 aromatic heterocycles. The standard InChI is InChI=1S/C19H13F3N6O/c1-10(29)26-4-5-27-18(11-2-3-16-23-9-24-28(16)8-11)17(25-19(26)27)12-6-14(21)15(22)7-13(12)20/h2-3,6-9H,4-5H2,1H3. The van der Waals surface area contributed by atoms with Crippen molar-refractivity contribution in [2.24, 2.45) is 0 Å². The first kappa shape index (κ1) is 17.4. The van der Waals surface area contributed by atoms with Gasteiger partial charge in [0.1, 0.15) is 17.8 Å². The van der Waals surface area contributed by atoms with Gasteiger partial charge in [0.25, 0.3) is 0 Å². The highest BCUT2D eigenvalue weighted by Crippen LogP contribution is 2.39. The lowest BCUT2D eigenvalue weighted by Gasteiger charge is -2.10. The SMILES string of the molecule is CC(=O)N1CCn2c1nc(-c1cc(F)c(F)cc1F)c2-c1ccc2ncnn2c1. The first-order valence-electron chi connectivity index (χ1n) is 8.77. The van der Waals surface area contributed by atoms with Crippen LogP contribution in [0.3, 0.4) is 0 Å². The monoisotopic (exact) mass is 398 g/mol. The molecule has 29 heavy (non-hydrogen) atoms. The normalized spacial score (nSPS) is 13.3. The van der Waals surface area contributed by atoms with E-state index < -0.39 is 17.5 Å². The minimum absolute atomic E-state index is 0.113. The number of hydrogen-bond acceptors (Lipinski definition) is 4. The van der Waals surface area contributed by atoms with Gasteiger partial charge in [-0.2, -0.15) is 5.10 Å². The molecule has 1 amide bonds. The zero-order valence-corrected chi connectivity index (χ0v) is 15.1. The molecule has 10 heteroatoms. The van der Waals surface area contributed by atoms with Crippen LogP contribution in [0.5, 0.6) is 0 Å². The Kier molecular flexibility index (Phi) is 3.70. The maximum absolute atomic E-state index is 14.6. The van der Waals surface area contributed by atoms with Crippen molar-refractivity contribution in [1.29, 1.82) is 0 Å². The molecule has 4 aromatic rings. The molecular weight excluding hydrogens is 385 g/mol. The molecule has 0 saturated heterocycles. The van der Waals surface area contributed by atoms with Crippen LogP contribution in [0, 0.1) is 17.5 Å². The minimum atomic E-state index is -1.28. The van der Waals surface area contributed by atoms with Crippen molar-refractivity contribution in [2.75, 3.05) is 11.4 Å².